The predicted molar refractivity (Wildman–Crippen MR) is 77.0 cm³/mol. The summed E-state index contributed by atoms with van der Waals surface area (Å²) in [5, 5.41) is 3.42. The molecule has 1 amide bonds. The van der Waals surface area contributed by atoms with Gasteiger partial charge in [-0.15, -0.1) is 12.4 Å². The highest BCUT2D eigenvalue weighted by atomic mass is 35.5. The maximum absolute atomic E-state index is 12.6. The zero-order valence-electron chi connectivity index (χ0n) is 11.8. The summed E-state index contributed by atoms with van der Waals surface area (Å²) in [6, 6.07) is 1.06. The molecule has 0 radical (unpaired) electrons. The van der Waals surface area contributed by atoms with Gasteiger partial charge in [0.2, 0.25) is 5.91 Å². The Balaban J connectivity index is 0.00000162. The van der Waals surface area contributed by atoms with Crippen LogP contribution in [-0.2, 0) is 4.79 Å². The minimum absolute atomic E-state index is 0. The van der Waals surface area contributed by atoms with E-state index in [9.17, 15) is 4.79 Å². The van der Waals surface area contributed by atoms with Gasteiger partial charge in [-0.2, -0.15) is 0 Å². The Morgan fingerprint density at radius 2 is 2.00 bits per heavy atom. The van der Waals surface area contributed by atoms with Gasteiger partial charge in [0.25, 0.3) is 0 Å². The van der Waals surface area contributed by atoms with E-state index in [2.05, 4.69) is 31.0 Å². The monoisotopic (exact) mass is 274 g/mol. The first-order chi connectivity index (χ1) is 8.08. The number of rotatable bonds is 4. The zero-order valence-corrected chi connectivity index (χ0v) is 12.6. The highest BCUT2D eigenvalue weighted by molar-refractivity contribution is 5.85. The molecule has 1 heterocycles. The molecule has 0 aromatic carbocycles. The molecular weight excluding hydrogens is 248 g/mol. The average Bonchev–Trinajstić information content (AvgIpc) is 3.08. The van der Waals surface area contributed by atoms with Crippen molar-refractivity contribution in [1.82, 2.24) is 10.2 Å². The van der Waals surface area contributed by atoms with Crippen LogP contribution in [0.5, 0.6) is 0 Å². The van der Waals surface area contributed by atoms with E-state index in [1.165, 1.54) is 12.8 Å². The van der Waals surface area contributed by atoms with Gasteiger partial charge in [0.1, 0.15) is 0 Å². The van der Waals surface area contributed by atoms with Crippen LogP contribution in [-0.4, -0.2) is 36.0 Å². The Kier molecular flexibility index (Phi) is 5.93. The molecular formula is C14H27ClN2O. The van der Waals surface area contributed by atoms with Crippen molar-refractivity contribution in [2.45, 2.75) is 58.5 Å². The molecule has 1 saturated heterocycles. The van der Waals surface area contributed by atoms with Crippen molar-refractivity contribution in [3.8, 4) is 0 Å². The first-order valence-corrected chi connectivity index (χ1v) is 7.11. The number of halogens is 1. The van der Waals surface area contributed by atoms with Gasteiger partial charge < -0.3 is 10.2 Å². The highest BCUT2D eigenvalue weighted by Gasteiger charge is 2.36. The van der Waals surface area contributed by atoms with Gasteiger partial charge in [-0.3, -0.25) is 4.79 Å². The molecule has 1 saturated carbocycles. The van der Waals surface area contributed by atoms with Crippen LogP contribution in [0.3, 0.4) is 0 Å². The van der Waals surface area contributed by atoms with Crippen LogP contribution in [0.25, 0.3) is 0 Å². The Labute approximate surface area is 117 Å². The summed E-state index contributed by atoms with van der Waals surface area (Å²) >= 11 is 0. The van der Waals surface area contributed by atoms with E-state index in [0.717, 1.165) is 25.9 Å². The van der Waals surface area contributed by atoms with Crippen LogP contribution >= 0.6 is 12.4 Å². The summed E-state index contributed by atoms with van der Waals surface area (Å²) < 4.78 is 0. The van der Waals surface area contributed by atoms with Gasteiger partial charge in [-0.25, -0.2) is 0 Å². The fourth-order valence-corrected chi connectivity index (χ4v) is 2.79. The minimum Gasteiger partial charge on any atom is -0.339 e. The summed E-state index contributed by atoms with van der Waals surface area (Å²) in [5.74, 6) is 1.28. The second kappa shape index (κ2) is 6.76. The van der Waals surface area contributed by atoms with E-state index in [4.69, 9.17) is 0 Å². The molecule has 0 aromatic rings. The molecule has 0 bridgehead atoms. The lowest BCUT2D eigenvalue weighted by atomic mass is 9.91. The summed E-state index contributed by atoms with van der Waals surface area (Å²) in [4.78, 5) is 14.7. The second-order valence-electron chi connectivity index (χ2n) is 6.19. The third kappa shape index (κ3) is 4.13. The van der Waals surface area contributed by atoms with Crippen LogP contribution in [0.2, 0.25) is 0 Å². The highest BCUT2D eigenvalue weighted by Crippen LogP contribution is 2.30. The third-order valence-electron chi connectivity index (χ3n) is 3.81. The SMILES string of the molecule is CC(C)CN(C(=O)[C@H]1CCN[C@@H](C)C1)C1CC1.Cl. The Hall–Kier alpha value is -0.280. The first-order valence-electron chi connectivity index (χ1n) is 7.11. The van der Waals surface area contributed by atoms with Crippen molar-refractivity contribution in [3.05, 3.63) is 0 Å². The summed E-state index contributed by atoms with van der Waals surface area (Å²) in [5.41, 5.74) is 0. The van der Waals surface area contributed by atoms with Crippen molar-refractivity contribution >= 4 is 18.3 Å². The fourth-order valence-electron chi connectivity index (χ4n) is 2.79. The second-order valence-corrected chi connectivity index (χ2v) is 6.19. The van der Waals surface area contributed by atoms with Crippen LogP contribution in [0, 0.1) is 11.8 Å². The smallest absolute Gasteiger partial charge is 0.226 e. The lowest BCUT2D eigenvalue weighted by Crippen LogP contribution is -2.46. The van der Waals surface area contributed by atoms with E-state index >= 15 is 0 Å². The molecule has 1 aliphatic heterocycles. The number of hydrogen-bond donors (Lipinski definition) is 1. The van der Waals surface area contributed by atoms with E-state index < -0.39 is 0 Å². The Morgan fingerprint density at radius 3 is 2.50 bits per heavy atom. The van der Waals surface area contributed by atoms with Gasteiger partial charge in [0.15, 0.2) is 0 Å². The molecule has 106 valence electrons. The molecule has 4 heteroatoms. The van der Waals surface area contributed by atoms with Crippen LogP contribution < -0.4 is 5.32 Å². The van der Waals surface area contributed by atoms with Gasteiger partial charge >= 0.3 is 0 Å². The maximum Gasteiger partial charge on any atom is 0.226 e. The van der Waals surface area contributed by atoms with Gasteiger partial charge in [-0.05, 0) is 45.1 Å². The predicted octanol–water partition coefficient (Wildman–Crippen LogP) is 2.44. The zero-order chi connectivity index (χ0) is 12.4. The van der Waals surface area contributed by atoms with E-state index in [1.807, 2.05) is 0 Å². The van der Waals surface area contributed by atoms with E-state index in [1.54, 1.807) is 0 Å². The number of nitrogens with one attached hydrogen (secondary N) is 1. The molecule has 1 aliphatic carbocycles. The molecule has 0 aromatic heterocycles. The molecule has 3 nitrogen and oxygen atoms in total. The fraction of sp³-hybridized carbons (Fsp3) is 0.929. The van der Waals surface area contributed by atoms with Crippen molar-refractivity contribution < 1.29 is 4.79 Å². The summed E-state index contributed by atoms with van der Waals surface area (Å²) in [7, 11) is 0. The van der Waals surface area contributed by atoms with E-state index in [0.29, 0.717) is 23.9 Å². The Bertz CT molecular complexity index is 279. The van der Waals surface area contributed by atoms with Gasteiger partial charge in [-0.1, -0.05) is 13.8 Å². The maximum atomic E-state index is 12.6. The number of carbonyl (C=O) groups excluding carboxylic acids is 1. The molecule has 2 fully saturated rings. The molecule has 2 atom stereocenters. The molecule has 2 aliphatic rings. The number of nitrogens with zero attached hydrogens (tertiary/aromatic N) is 1. The van der Waals surface area contributed by atoms with Gasteiger partial charge in [0.05, 0.1) is 0 Å². The molecule has 0 spiro atoms. The molecule has 18 heavy (non-hydrogen) atoms. The minimum atomic E-state index is 0. The van der Waals surface area contributed by atoms with Crippen molar-refractivity contribution in [2.75, 3.05) is 13.1 Å². The van der Waals surface area contributed by atoms with Crippen LogP contribution in [0.4, 0.5) is 0 Å². The number of piperidine rings is 1. The molecule has 2 rings (SSSR count). The lowest BCUT2D eigenvalue weighted by Gasteiger charge is -2.33. The topological polar surface area (TPSA) is 32.3 Å². The molecule has 0 unspecified atom stereocenters. The third-order valence-corrected chi connectivity index (χ3v) is 3.81. The number of carbonyl (C=O) groups is 1. The van der Waals surface area contributed by atoms with Crippen molar-refractivity contribution in [2.24, 2.45) is 11.8 Å². The largest absolute Gasteiger partial charge is 0.339 e. The van der Waals surface area contributed by atoms with Crippen LogP contribution in [0.15, 0.2) is 0 Å². The van der Waals surface area contributed by atoms with Crippen LogP contribution in [0.1, 0.15) is 46.5 Å². The van der Waals surface area contributed by atoms with E-state index in [-0.39, 0.29) is 18.3 Å². The summed E-state index contributed by atoms with van der Waals surface area (Å²) in [6.07, 6.45) is 4.47. The van der Waals surface area contributed by atoms with Crippen molar-refractivity contribution in [3.63, 3.8) is 0 Å². The number of hydrogen-bond acceptors (Lipinski definition) is 2. The normalized spacial score (nSPS) is 27.8. The van der Waals surface area contributed by atoms with Gasteiger partial charge in [0, 0.05) is 24.5 Å². The molecule has 1 N–H and O–H groups in total. The number of amides is 1. The lowest BCUT2D eigenvalue weighted by molar-refractivity contribution is -0.137. The Morgan fingerprint density at radius 1 is 1.33 bits per heavy atom. The van der Waals surface area contributed by atoms with Crippen molar-refractivity contribution in [1.29, 1.82) is 0 Å². The first kappa shape index (κ1) is 15.8. The summed E-state index contributed by atoms with van der Waals surface area (Å²) in [6.45, 7) is 8.53. The standard InChI is InChI=1S/C14H26N2O.ClH/c1-10(2)9-16(13-4-5-13)14(17)12-6-7-15-11(3)8-12;/h10-13,15H,4-9H2,1-3H3;1H/t11-,12-;/m0./s1. The average molecular weight is 275 g/mol. The quantitative estimate of drug-likeness (QED) is 0.854.